The van der Waals surface area contributed by atoms with Gasteiger partial charge in [0.05, 0.1) is 4.90 Å². The summed E-state index contributed by atoms with van der Waals surface area (Å²) in [5.41, 5.74) is 1.16. The smallest absolute Gasteiger partial charge is 0.744 e. The Balaban J connectivity index is 0.00000161. The molecule has 0 aliphatic rings. The van der Waals surface area contributed by atoms with Crippen molar-refractivity contribution in [2.24, 2.45) is 0 Å². The Kier molecular flexibility index (Phi) is 4.86. The predicted octanol–water partition coefficient (Wildman–Crippen LogP) is 0.415. The summed E-state index contributed by atoms with van der Waals surface area (Å²) < 4.78 is 35.1. The van der Waals surface area contributed by atoms with Gasteiger partial charge in [0.2, 0.25) is 0 Å². The molecule has 0 fully saturated rings. The van der Waals surface area contributed by atoms with Crippen LogP contribution in [-0.4, -0.2) is 13.0 Å². The second-order valence-corrected chi connectivity index (χ2v) is 5.80. The van der Waals surface area contributed by atoms with Crippen LogP contribution >= 0.6 is 0 Å². The zero-order valence-corrected chi connectivity index (χ0v) is 14.3. The fourth-order valence-corrected chi connectivity index (χ4v) is 3.27. The third kappa shape index (κ3) is 3.20. The van der Waals surface area contributed by atoms with Gasteiger partial charge < -0.3 is 4.55 Å². The number of benzene rings is 3. The van der Waals surface area contributed by atoms with Gasteiger partial charge in [0.25, 0.3) is 0 Å². The molecule has 5 heteroatoms. The molecular formula is C16H11NaO3S. The number of hydrogen-bond acceptors (Lipinski definition) is 3. The maximum absolute atomic E-state index is 11.7. The SMILES string of the molecule is O=S(=O)([O-])c1c(-c2ccccc2)ccc2ccccc12.[Na+]. The number of fused-ring (bicyclic) bond motifs is 1. The zero-order valence-electron chi connectivity index (χ0n) is 11.5. The van der Waals surface area contributed by atoms with Gasteiger partial charge in [0.15, 0.2) is 0 Å². The van der Waals surface area contributed by atoms with Crippen LogP contribution in [0.4, 0.5) is 0 Å². The van der Waals surface area contributed by atoms with Crippen molar-refractivity contribution in [3.05, 3.63) is 66.7 Å². The van der Waals surface area contributed by atoms with Gasteiger partial charge in [-0.05, 0) is 21.9 Å². The summed E-state index contributed by atoms with van der Waals surface area (Å²) in [4.78, 5) is -0.151. The van der Waals surface area contributed by atoms with Crippen molar-refractivity contribution >= 4 is 20.9 Å². The van der Waals surface area contributed by atoms with Crippen LogP contribution in [0.1, 0.15) is 0 Å². The van der Waals surface area contributed by atoms with E-state index < -0.39 is 10.1 Å². The molecule has 0 aliphatic heterocycles. The summed E-state index contributed by atoms with van der Waals surface area (Å²) in [6.45, 7) is 0. The normalized spacial score (nSPS) is 11.1. The van der Waals surface area contributed by atoms with Crippen LogP contribution in [0.25, 0.3) is 21.9 Å². The first-order valence-corrected chi connectivity index (χ1v) is 7.51. The minimum Gasteiger partial charge on any atom is -0.744 e. The van der Waals surface area contributed by atoms with Crippen LogP contribution in [0, 0.1) is 0 Å². The van der Waals surface area contributed by atoms with E-state index in [1.54, 1.807) is 36.4 Å². The summed E-state index contributed by atoms with van der Waals surface area (Å²) in [6, 6.07) is 19.5. The van der Waals surface area contributed by atoms with Crippen LogP contribution < -0.4 is 29.6 Å². The summed E-state index contributed by atoms with van der Waals surface area (Å²) in [7, 11) is -4.56. The van der Waals surface area contributed by atoms with Crippen LogP contribution in [0.5, 0.6) is 0 Å². The third-order valence-electron chi connectivity index (χ3n) is 3.21. The van der Waals surface area contributed by atoms with Crippen molar-refractivity contribution in [2.75, 3.05) is 0 Å². The Morgan fingerprint density at radius 2 is 1.38 bits per heavy atom. The Hall–Kier alpha value is -1.17. The summed E-state index contributed by atoms with van der Waals surface area (Å²) in [5.74, 6) is 0. The van der Waals surface area contributed by atoms with E-state index in [-0.39, 0.29) is 34.5 Å². The van der Waals surface area contributed by atoms with Crippen molar-refractivity contribution in [1.29, 1.82) is 0 Å². The molecule has 0 amide bonds. The molecule has 3 nitrogen and oxygen atoms in total. The van der Waals surface area contributed by atoms with E-state index in [0.717, 1.165) is 5.39 Å². The van der Waals surface area contributed by atoms with E-state index >= 15 is 0 Å². The number of hydrogen-bond donors (Lipinski definition) is 0. The molecule has 3 aromatic carbocycles. The third-order valence-corrected chi connectivity index (χ3v) is 4.15. The second kappa shape index (κ2) is 6.30. The molecule has 0 spiro atoms. The van der Waals surface area contributed by atoms with Gasteiger partial charge in [0, 0.05) is 0 Å². The first kappa shape index (κ1) is 16.2. The molecule has 0 atom stereocenters. The Bertz CT molecular complexity index is 874. The maximum Gasteiger partial charge on any atom is 1.00 e. The monoisotopic (exact) mass is 306 g/mol. The molecule has 0 saturated heterocycles. The molecule has 0 saturated carbocycles. The fourth-order valence-electron chi connectivity index (χ4n) is 2.36. The standard InChI is InChI=1S/C16H12O3S.Na/c17-20(18,19)16-14-9-5-4-8-13(14)10-11-15(16)12-6-2-1-3-7-12;/h1-11H,(H,17,18,19);/q;+1/p-1. The van der Waals surface area contributed by atoms with Crippen molar-refractivity contribution in [2.45, 2.75) is 4.90 Å². The average Bonchev–Trinajstić information content (AvgIpc) is 2.46. The second-order valence-electron chi connectivity index (χ2n) is 4.48. The van der Waals surface area contributed by atoms with Gasteiger partial charge in [-0.3, -0.25) is 0 Å². The maximum atomic E-state index is 11.7. The molecule has 0 aromatic heterocycles. The van der Waals surface area contributed by atoms with Gasteiger partial charge in [-0.2, -0.15) is 0 Å². The quantitative estimate of drug-likeness (QED) is 0.509. The van der Waals surface area contributed by atoms with E-state index in [9.17, 15) is 13.0 Å². The van der Waals surface area contributed by atoms with E-state index in [0.29, 0.717) is 16.5 Å². The van der Waals surface area contributed by atoms with Gasteiger partial charge in [-0.25, -0.2) is 8.42 Å². The minimum atomic E-state index is -4.56. The molecule has 0 bridgehead atoms. The molecule has 21 heavy (non-hydrogen) atoms. The molecule has 0 heterocycles. The van der Waals surface area contributed by atoms with E-state index in [1.165, 1.54) is 0 Å². The van der Waals surface area contributed by atoms with Crippen molar-refractivity contribution in [3.8, 4) is 11.1 Å². The topological polar surface area (TPSA) is 57.2 Å². The summed E-state index contributed by atoms with van der Waals surface area (Å²) in [6.07, 6.45) is 0. The largest absolute Gasteiger partial charge is 1.00 e. The van der Waals surface area contributed by atoms with Crippen LogP contribution in [-0.2, 0) is 10.1 Å². The van der Waals surface area contributed by atoms with Gasteiger partial charge in [-0.1, -0.05) is 66.7 Å². The van der Waals surface area contributed by atoms with Gasteiger partial charge >= 0.3 is 29.6 Å². The Morgan fingerprint density at radius 1 is 0.762 bits per heavy atom. The molecule has 0 aliphatic carbocycles. The van der Waals surface area contributed by atoms with E-state index in [2.05, 4.69) is 0 Å². The van der Waals surface area contributed by atoms with E-state index in [4.69, 9.17) is 0 Å². The average molecular weight is 306 g/mol. The molecule has 3 aromatic rings. The number of rotatable bonds is 2. The molecular weight excluding hydrogens is 295 g/mol. The van der Waals surface area contributed by atoms with Crippen LogP contribution in [0.15, 0.2) is 71.6 Å². The van der Waals surface area contributed by atoms with Crippen LogP contribution in [0.3, 0.4) is 0 Å². The Labute approximate surface area is 145 Å². The molecule has 0 radical (unpaired) electrons. The Morgan fingerprint density at radius 3 is 2.05 bits per heavy atom. The van der Waals surface area contributed by atoms with E-state index in [1.807, 2.05) is 30.3 Å². The van der Waals surface area contributed by atoms with Crippen molar-refractivity contribution in [3.63, 3.8) is 0 Å². The molecule has 0 N–H and O–H groups in total. The molecule has 3 rings (SSSR count). The van der Waals surface area contributed by atoms with Crippen molar-refractivity contribution < 1.29 is 42.5 Å². The first-order valence-electron chi connectivity index (χ1n) is 6.10. The van der Waals surface area contributed by atoms with Gasteiger partial charge in [-0.15, -0.1) is 0 Å². The molecule has 100 valence electrons. The zero-order chi connectivity index (χ0) is 14.2. The first-order chi connectivity index (χ1) is 9.57. The fraction of sp³-hybridized carbons (Fsp3) is 0. The minimum absolute atomic E-state index is 0. The predicted molar refractivity (Wildman–Crippen MR) is 77.3 cm³/mol. The van der Waals surface area contributed by atoms with Crippen LogP contribution in [0.2, 0.25) is 0 Å². The summed E-state index contributed by atoms with van der Waals surface area (Å²) in [5, 5.41) is 1.20. The molecule has 0 unspecified atom stereocenters. The summed E-state index contributed by atoms with van der Waals surface area (Å²) >= 11 is 0. The van der Waals surface area contributed by atoms with Gasteiger partial charge in [0.1, 0.15) is 10.1 Å². The van der Waals surface area contributed by atoms with Crippen molar-refractivity contribution in [1.82, 2.24) is 0 Å².